The van der Waals surface area contributed by atoms with Crippen molar-refractivity contribution in [2.24, 2.45) is 5.73 Å². The summed E-state index contributed by atoms with van der Waals surface area (Å²) in [6.07, 6.45) is 2.21. The van der Waals surface area contributed by atoms with Gasteiger partial charge in [0, 0.05) is 33.9 Å². The van der Waals surface area contributed by atoms with E-state index in [2.05, 4.69) is 15.9 Å². The molecule has 1 fully saturated rings. The first-order chi connectivity index (χ1) is 18.9. The number of benzene rings is 3. The Bertz CT molecular complexity index is 1700. The molecule has 7 nitrogen and oxygen atoms in total. The van der Waals surface area contributed by atoms with Crippen molar-refractivity contribution in [3.8, 4) is 0 Å². The number of halogens is 3. The van der Waals surface area contributed by atoms with Crippen molar-refractivity contribution in [3.63, 3.8) is 0 Å². The Labute approximate surface area is 244 Å². The van der Waals surface area contributed by atoms with Crippen molar-refractivity contribution in [1.29, 1.82) is 0 Å². The number of fused-ring (bicyclic) bond motifs is 1. The molecule has 1 heterocycles. The highest BCUT2D eigenvalue weighted by Crippen LogP contribution is 2.47. The fraction of sp³-hybridized carbons (Fsp3) is 0.276. The van der Waals surface area contributed by atoms with Gasteiger partial charge in [-0.3, -0.25) is 9.10 Å². The fourth-order valence-corrected chi connectivity index (χ4v) is 6.59. The van der Waals surface area contributed by atoms with Crippen LogP contribution in [-0.4, -0.2) is 32.2 Å². The molecule has 40 heavy (non-hydrogen) atoms. The third kappa shape index (κ3) is 6.05. The Kier molecular flexibility index (Phi) is 7.98. The molecular formula is C29H27BrClFN2O5S. The lowest BCUT2D eigenvalue weighted by molar-refractivity contribution is 0.1000. The number of carbonyl (C=O) groups excluding carboxylic acids is 1. The standard InChI is InChI=1S/C29H27BrClFN2O5S/c1-40(37,38)34(11-10-25(35)21-13-18(31)6-9-23(21)30)24-15-26-22(14-20(24)17-4-5-17)28(29(33)36)27(39-26)12-16-2-7-19(32)8-3-16/h2-3,6-9,13-15,17,25,35H,4-5,10-12H2,1H3,(H2,33,36). The molecule has 3 N–H and O–H groups in total. The molecule has 210 valence electrons. The number of amides is 1. The second-order valence-electron chi connectivity index (χ2n) is 10.1. The van der Waals surface area contributed by atoms with Crippen molar-refractivity contribution < 1.29 is 27.1 Å². The largest absolute Gasteiger partial charge is 0.460 e. The number of sulfonamides is 1. The van der Waals surface area contributed by atoms with E-state index >= 15 is 0 Å². The first-order valence-electron chi connectivity index (χ1n) is 12.7. The van der Waals surface area contributed by atoms with Gasteiger partial charge in [-0.2, -0.15) is 0 Å². The molecule has 1 aromatic heterocycles. The van der Waals surface area contributed by atoms with E-state index in [0.29, 0.717) is 37.5 Å². The minimum Gasteiger partial charge on any atom is -0.460 e. The monoisotopic (exact) mass is 648 g/mol. The minimum atomic E-state index is -3.77. The number of primary amides is 1. The number of aliphatic hydroxyl groups is 1. The molecule has 3 aromatic carbocycles. The van der Waals surface area contributed by atoms with Crippen LogP contribution < -0.4 is 10.0 Å². The molecule has 11 heteroatoms. The normalized spacial score (nSPS) is 14.4. The number of aliphatic hydroxyl groups excluding tert-OH is 1. The number of carbonyl (C=O) groups is 1. The molecule has 4 aromatic rings. The minimum absolute atomic E-state index is 0.00397. The Balaban J connectivity index is 1.55. The zero-order chi connectivity index (χ0) is 28.8. The maximum atomic E-state index is 13.4. The van der Waals surface area contributed by atoms with Gasteiger partial charge >= 0.3 is 0 Å². The molecule has 1 saturated carbocycles. The van der Waals surface area contributed by atoms with Gasteiger partial charge in [0.05, 0.1) is 23.6 Å². The predicted molar refractivity (Wildman–Crippen MR) is 157 cm³/mol. The number of rotatable bonds is 10. The SMILES string of the molecule is CS(=O)(=O)N(CCC(O)c1cc(Cl)ccc1Br)c1cc2oc(Cc3ccc(F)cc3)c(C(N)=O)c2cc1C1CC1. The second kappa shape index (κ2) is 11.2. The molecule has 1 aliphatic rings. The van der Waals surface area contributed by atoms with E-state index in [9.17, 15) is 22.7 Å². The average molecular weight is 650 g/mol. The van der Waals surface area contributed by atoms with Gasteiger partial charge < -0.3 is 15.3 Å². The molecule has 1 atom stereocenters. The summed E-state index contributed by atoms with van der Waals surface area (Å²) >= 11 is 9.52. The van der Waals surface area contributed by atoms with Crippen LogP contribution in [0.15, 0.2) is 63.5 Å². The van der Waals surface area contributed by atoms with Crippen LogP contribution in [0.25, 0.3) is 11.0 Å². The van der Waals surface area contributed by atoms with Crippen LogP contribution in [-0.2, 0) is 16.4 Å². The number of nitrogens with two attached hydrogens (primary N) is 1. The smallest absolute Gasteiger partial charge is 0.252 e. The molecule has 5 rings (SSSR count). The van der Waals surface area contributed by atoms with Crippen LogP contribution in [0, 0.1) is 5.82 Å². The van der Waals surface area contributed by atoms with Crippen LogP contribution in [0.2, 0.25) is 5.02 Å². The molecular weight excluding hydrogens is 623 g/mol. The van der Waals surface area contributed by atoms with Gasteiger partial charge in [0.1, 0.15) is 17.2 Å². The van der Waals surface area contributed by atoms with Gasteiger partial charge in [0.25, 0.3) is 5.91 Å². The summed E-state index contributed by atoms with van der Waals surface area (Å²) in [5.41, 5.74) is 8.80. The lowest BCUT2D eigenvalue weighted by Crippen LogP contribution is -2.32. The Morgan fingerprint density at radius 3 is 2.52 bits per heavy atom. The Morgan fingerprint density at radius 1 is 1.20 bits per heavy atom. The van der Waals surface area contributed by atoms with Gasteiger partial charge in [-0.05, 0) is 78.3 Å². The van der Waals surface area contributed by atoms with Gasteiger partial charge in [0.2, 0.25) is 10.0 Å². The number of nitrogens with zero attached hydrogens (tertiary/aromatic N) is 1. The van der Waals surface area contributed by atoms with E-state index in [1.807, 2.05) is 0 Å². The molecule has 0 radical (unpaired) electrons. The maximum absolute atomic E-state index is 13.4. The van der Waals surface area contributed by atoms with E-state index < -0.39 is 22.0 Å². The van der Waals surface area contributed by atoms with E-state index in [4.69, 9.17) is 21.8 Å². The van der Waals surface area contributed by atoms with Crippen LogP contribution in [0.3, 0.4) is 0 Å². The Hall–Kier alpha value is -2.92. The third-order valence-corrected chi connectivity index (χ3v) is 9.18. The van der Waals surface area contributed by atoms with Gasteiger partial charge in [-0.25, -0.2) is 12.8 Å². The lowest BCUT2D eigenvalue weighted by atomic mass is 10.0. The van der Waals surface area contributed by atoms with E-state index in [0.717, 1.165) is 30.2 Å². The number of hydrogen-bond donors (Lipinski definition) is 2. The number of hydrogen-bond acceptors (Lipinski definition) is 5. The number of furan rings is 1. The summed E-state index contributed by atoms with van der Waals surface area (Å²) in [5.74, 6) is -0.608. The highest BCUT2D eigenvalue weighted by Gasteiger charge is 2.33. The summed E-state index contributed by atoms with van der Waals surface area (Å²) in [7, 11) is -3.77. The molecule has 0 saturated heterocycles. The molecule has 1 unspecified atom stereocenters. The third-order valence-electron chi connectivity index (χ3n) is 7.04. The molecule has 0 aliphatic heterocycles. The zero-order valence-corrected chi connectivity index (χ0v) is 24.7. The Morgan fingerprint density at radius 2 is 1.90 bits per heavy atom. The predicted octanol–water partition coefficient (Wildman–Crippen LogP) is 6.44. The quantitative estimate of drug-likeness (QED) is 0.205. The van der Waals surface area contributed by atoms with Crippen LogP contribution in [0.5, 0.6) is 0 Å². The fourth-order valence-electron chi connectivity index (χ4n) is 4.95. The number of anilines is 1. The second-order valence-corrected chi connectivity index (χ2v) is 13.3. The van der Waals surface area contributed by atoms with Crippen LogP contribution in [0.1, 0.15) is 64.1 Å². The van der Waals surface area contributed by atoms with Crippen LogP contribution in [0.4, 0.5) is 10.1 Å². The molecule has 0 spiro atoms. The van der Waals surface area contributed by atoms with E-state index in [1.54, 1.807) is 42.5 Å². The summed E-state index contributed by atoms with van der Waals surface area (Å²) in [5, 5.41) is 11.9. The van der Waals surface area contributed by atoms with Crippen molar-refractivity contribution in [3.05, 3.63) is 97.9 Å². The molecule has 1 amide bonds. The maximum Gasteiger partial charge on any atom is 0.252 e. The van der Waals surface area contributed by atoms with Crippen molar-refractivity contribution >= 4 is 60.1 Å². The van der Waals surface area contributed by atoms with Gasteiger partial charge in [0.15, 0.2) is 0 Å². The van der Waals surface area contributed by atoms with Gasteiger partial charge in [-0.15, -0.1) is 0 Å². The first-order valence-corrected chi connectivity index (χ1v) is 15.7. The van der Waals surface area contributed by atoms with Crippen LogP contribution >= 0.6 is 27.5 Å². The molecule has 1 aliphatic carbocycles. The highest BCUT2D eigenvalue weighted by molar-refractivity contribution is 9.10. The molecule has 0 bridgehead atoms. The van der Waals surface area contributed by atoms with Crippen molar-refractivity contribution in [2.45, 2.75) is 37.7 Å². The van der Waals surface area contributed by atoms with Gasteiger partial charge in [-0.1, -0.05) is 39.7 Å². The highest BCUT2D eigenvalue weighted by atomic mass is 79.9. The lowest BCUT2D eigenvalue weighted by Gasteiger charge is -2.26. The summed E-state index contributed by atoms with van der Waals surface area (Å²) in [6, 6.07) is 14.3. The summed E-state index contributed by atoms with van der Waals surface area (Å²) in [6.45, 7) is -0.00397. The zero-order valence-electron chi connectivity index (χ0n) is 21.5. The summed E-state index contributed by atoms with van der Waals surface area (Å²) < 4.78 is 47.6. The first kappa shape index (κ1) is 28.6. The summed E-state index contributed by atoms with van der Waals surface area (Å²) in [4.78, 5) is 12.5. The van der Waals surface area contributed by atoms with E-state index in [-0.39, 0.29) is 36.7 Å². The van der Waals surface area contributed by atoms with Crippen molar-refractivity contribution in [1.82, 2.24) is 0 Å². The van der Waals surface area contributed by atoms with E-state index in [1.165, 1.54) is 16.4 Å². The van der Waals surface area contributed by atoms with Crippen molar-refractivity contribution in [2.75, 3.05) is 17.1 Å². The topological polar surface area (TPSA) is 114 Å². The average Bonchev–Trinajstić information content (AvgIpc) is 3.66.